The highest BCUT2D eigenvalue weighted by atomic mass is 79.9. The highest BCUT2D eigenvalue weighted by Crippen LogP contribution is 2.24. The summed E-state index contributed by atoms with van der Waals surface area (Å²) in [5, 5.41) is 3.39. The average Bonchev–Trinajstić information content (AvgIpc) is 2.32. The maximum Gasteiger partial charge on any atom is 0.142 e. The van der Waals surface area contributed by atoms with Crippen molar-refractivity contribution >= 4 is 33.2 Å². The number of hydrogen-bond acceptors (Lipinski definition) is 1. The lowest BCUT2D eigenvalue weighted by atomic mass is 10.2. The quantitative estimate of drug-likeness (QED) is 0.820. The van der Waals surface area contributed by atoms with Crippen LogP contribution in [-0.4, -0.2) is 0 Å². The molecule has 4 heteroatoms. The van der Waals surface area contributed by atoms with Gasteiger partial charge in [-0.05, 0) is 58.2 Å². The number of hydrogen-bond donors (Lipinski definition) is 1. The first kappa shape index (κ1) is 13.4. The Labute approximate surface area is 119 Å². The monoisotopic (exact) mass is 327 g/mol. The second-order valence-electron chi connectivity index (χ2n) is 4.09. The van der Waals surface area contributed by atoms with Crippen molar-refractivity contribution in [2.24, 2.45) is 0 Å². The smallest absolute Gasteiger partial charge is 0.142 e. The predicted octanol–water partition coefficient (Wildman–Crippen LogP) is 5.16. The zero-order valence-electron chi connectivity index (χ0n) is 9.81. The predicted molar refractivity (Wildman–Crippen MR) is 77.6 cm³/mol. The lowest BCUT2D eigenvalue weighted by Gasteiger charge is -2.09. The molecule has 0 unspecified atom stereocenters. The van der Waals surface area contributed by atoms with Crippen molar-refractivity contribution in [2.75, 3.05) is 5.32 Å². The van der Waals surface area contributed by atoms with Gasteiger partial charge in [0.15, 0.2) is 0 Å². The summed E-state index contributed by atoms with van der Waals surface area (Å²) in [7, 11) is 0. The van der Waals surface area contributed by atoms with Crippen molar-refractivity contribution in [3.8, 4) is 0 Å². The number of nitrogens with one attached hydrogen (secondary N) is 1. The third-order valence-electron chi connectivity index (χ3n) is 2.59. The fourth-order valence-electron chi connectivity index (χ4n) is 1.61. The van der Waals surface area contributed by atoms with Crippen LogP contribution in [0, 0.1) is 12.7 Å². The third kappa shape index (κ3) is 3.24. The fraction of sp³-hybridized carbons (Fsp3) is 0.143. The van der Waals surface area contributed by atoms with Crippen LogP contribution in [0.1, 0.15) is 11.1 Å². The Bertz CT molecular complexity index is 572. The van der Waals surface area contributed by atoms with Gasteiger partial charge in [0.2, 0.25) is 0 Å². The molecule has 0 aromatic heterocycles. The van der Waals surface area contributed by atoms with Gasteiger partial charge in [-0.1, -0.05) is 23.7 Å². The Morgan fingerprint density at radius 3 is 2.67 bits per heavy atom. The topological polar surface area (TPSA) is 12.0 Å². The zero-order chi connectivity index (χ0) is 13.1. The Morgan fingerprint density at radius 2 is 2.00 bits per heavy atom. The van der Waals surface area contributed by atoms with Crippen molar-refractivity contribution in [1.29, 1.82) is 0 Å². The van der Waals surface area contributed by atoms with E-state index in [1.165, 1.54) is 11.6 Å². The number of anilines is 1. The molecule has 0 fully saturated rings. The van der Waals surface area contributed by atoms with Crippen LogP contribution in [0.25, 0.3) is 0 Å². The zero-order valence-corrected chi connectivity index (χ0v) is 12.1. The molecule has 0 aliphatic carbocycles. The van der Waals surface area contributed by atoms with Crippen LogP contribution in [-0.2, 0) is 6.54 Å². The Hall–Kier alpha value is -1.06. The molecule has 0 radical (unpaired) electrons. The summed E-state index contributed by atoms with van der Waals surface area (Å²) in [6.45, 7) is 2.58. The molecule has 18 heavy (non-hydrogen) atoms. The molecule has 1 nitrogen and oxygen atoms in total. The van der Waals surface area contributed by atoms with E-state index in [4.69, 9.17) is 11.6 Å². The van der Waals surface area contributed by atoms with Gasteiger partial charge in [0.25, 0.3) is 0 Å². The number of halogens is 3. The van der Waals surface area contributed by atoms with E-state index in [0.29, 0.717) is 6.54 Å². The van der Waals surface area contributed by atoms with Gasteiger partial charge in [-0.15, -0.1) is 0 Å². The molecule has 0 saturated heterocycles. The van der Waals surface area contributed by atoms with Crippen molar-refractivity contribution in [3.05, 3.63) is 62.8 Å². The lowest BCUT2D eigenvalue weighted by molar-refractivity contribution is 0.626. The van der Waals surface area contributed by atoms with Gasteiger partial charge in [0.1, 0.15) is 5.82 Å². The van der Waals surface area contributed by atoms with Gasteiger partial charge in [-0.2, -0.15) is 0 Å². The van der Waals surface area contributed by atoms with Crippen LogP contribution in [0.2, 0.25) is 5.02 Å². The minimum atomic E-state index is -0.390. The van der Waals surface area contributed by atoms with Gasteiger partial charge in [0, 0.05) is 16.7 Å². The normalized spacial score (nSPS) is 10.4. The summed E-state index contributed by atoms with van der Waals surface area (Å²) in [5.74, 6) is -0.390. The molecule has 2 aromatic rings. The van der Waals surface area contributed by atoms with E-state index in [1.54, 1.807) is 12.1 Å². The summed E-state index contributed by atoms with van der Waals surface area (Å²) in [5.41, 5.74) is 3.02. The van der Waals surface area contributed by atoms with Crippen LogP contribution < -0.4 is 5.32 Å². The minimum absolute atomic E-state index is 0.148. The molecule has 0 saturated carbocycles. The Morgan fingerprint density at radius 1 is 1.22 bits per heavy atom. The molecule has 0 aliphatic rings. The SMILES string of the molecule is Cc1ccc(NCc2ccc(Cl)c(F)c2)c(Br)c1. The van der Waals surface area contributed by atoms with E-state index in [0.717, 1.165) is 15.7 Å². The van der Waals surface area contributed by atoms with Crippen LogP contribution >= 0.6 is 27.5 Å². The molecule has 0 spiro atoms. The van der Waals surface area contributed by atoms with E-state index in [9.17, 15) is 4.39 Å². The van der Waals surface area contributed by atoms with Gasteiger partial charge in [-0.25, -0.2) is 4.39 Å². The third-order valence-corrected chi connectivity index (χ3v) is 3.55. The molecular weight excluding hydrogens is 317 g/mol. The van der Waals surface area contributed by atoms with Gasteiger partial charge >= 0.3 is 0 Å². The van der Waals surface area contributed by atoms with Crippen molar-refractivity contribution in [2.45, 2.75) is 13.5 Å². The maximum absolute atomic E-state index is 13.3. The summed E-state index contributed by atoms with van der Waals surface area (Å²) in [6.07, 6.45) is 0. The van der Waals surface area contributed by atoms with Crippen LogP contribution in [0.3, 0.4) is 0 Å². The minimum Gasteiger partial charge on any atom is -0.380 e. The highest BCUT2D eigenvalue weighted by Gasteiger charge is 2.03. The van der Waals surface area contributed by atoms with Crippen molar-refractivity contribution in [3.63, 3.8) is 0 Å². The second-order valence-corrected chi connectivity index (χ2v) is 5.35. The summed E-state index contributed by atoms with van der Waals surface area (Å²) >= 11 is 9.13. The summed E-state index contributed by atoms with van der Waals surface area (Å²) in [4.78, 5) is 0. The molecular formula is C14H12BrClFN. The molecule has 0 atom stereocenters. The number of rotatable bonds is 3. The largest absolute Gasteiger partial charge is 0.380 e. The van der Waals surface area contributed by atoms with Crippen molar-refractivity contribution < 1.29 is 4.39 Å². The molecule has 0 heterocycles. The van der Waals surface area contributed by atoms with Crippen LogP contribution in [0.5, 0.6) is 0 Å². The van der Waals surface area contributed by atoms with E-state index in [2.05, 4.69) is 21.2 Å². The van der Waals surface area contributed by atoms with E-state index < -0.39 is 0 Å². The van der Waals surface area contributed by atoms with E-state index in [-0.39, 0.29) is 10.8 Å². The second kappa shape index (κ2) is 5.72. The standard InChI is InChI=1S/C14H12BrClFN/c1-9-2-5-14(11(15)6-9)18-8-10-3-4-12(16)13(17)7-10/h2-7,18H,8H2,1H3. The Balaban J connectivity index is 2.09. The van der Waals surface area contributed by atoms with E-state index >= 15 is 0 Å². The fourth-order valence-corrected chi connectivity index (χ4v) is 2.36. The van der Waals surface area contributed by atoms with Crippen molar-refractivity contribution in [1.82, 2.24) is 0 Å². The van der Waals surface area contributed by atoms with Crippen LogP contribution in [0.4, 0.5) is 10.1 Å². The Kier molecular flexibility index (Phi) is 4.25. The first-order valence-corrected chi connectivity index (χ1v) is 6.67. The first-order chi connectivity index (χ1) is 8.56. The number of benzene rings is 2. The lowest BCUT2D eigenvalue weighted by Crippen LogP contribution is -2.00. The van der Waals surface area contributed by atoms with E-state index in [1.807, 2.05) is 25.1 Å². The summed E-state index contributed by atoms with van der Waals surface area (Å²) in [6, 6.07) is 10.9. The van der Waals surface area contributed by atoms with Gasteiger partial charge in [-0.3, -0.25) is 0 Å². The molecule has 0 aliphatic heterocycles. The van der Waals surface area contributed by atoms with Gasteiger partial charge in [0.05, 0.1) is 5.02 Å². The molecule has 94 valence electrons. The first-order valence-electron chi connectivity index (χ1n) is 5.50. The maximum atomic E-state index is 13.3. The molecule has 1 N–H and O–H groups in total. The average molecular weight is 329 g/mol. The van der Waals surface area contributed by atoms with Gasteiger partial charge < -0.3 is 5.32 Å². The molecule has 2 aromatic carbocycles. The summed E-state index contributed by atoms with van der Waals surface area (Å²) < 4.78 is 14.3. The molecule has 0 bridgehead atoms. The molecule has 2 rings (SSSR count). The number of aryl methyl sites for hydroxylation is 1. The van der Waals surface area contributed by atoms with Crippen LogP contribution in [0.15, 0.2) is 40.9 Å². The highest BCUT2D eigenvalue weighted by molar-refractivity contribution is 9.10. The molecule has 0 amide bonds.